The van der Waals surface area contributed by atoms with Crippen molar-refractivity contribution in [2.24, 2.45) is 0 Å². The zero-order valence-corrected chi connectivity index (χ0v) is 17.4. The molecule has 8 heteroatoms. The van der Waals surface area contributed by atoms with Crippen LogP contribution in [0.3, 0.4) is 0 Å². The van der Waals surface area contributed by atoms with Crippen molar-refractivity contribution >= 4 is 11.4 Å². The fourth-order valence-corrected chi connectivity index (χ4v) is 4.66. The molecule has 8 nitrogen and oxygen atoms in total. The molecule has 0 amide bonds. The average molecular weight is 430 g/mol. The highest BCUT2D eigenvalue weighted by Crippen LogP contribution is 2.49. The second-order valence-corrected chi connectivity index (χ2v) is 8.20. The van der Waals surface area contributed by atoms with Crippen molar-refractivity contribution in [3.05, 3.63) is 77.2 Å². The SMILES string of the molecule is O=c1[nH]c(-c2ccc3c(c2)Oc2ccccc2N3C2CCN(Cc3ccoc3)CC2)no1. The molecular weight excluding hydrogens is 408 g/mol. The molecule has 2 aromatic heterocycles. The van der Waals surface area contributed by atoms with Crippen LogP contribution in [0.4, 0.5) is 11.4 Å². The molecule has 0 atom stereocenters. The molecule has 0 radical (unpaired) electrons. The van der Waals surface area contributed by atoms with Crippen molar-refractivity contribution in [1.29, 1.82) is 0 Å². The largest absolute Gasteiger partial charge is 0.472 e. The zero-order valence-electron chi connectivity index (χ0n) is 17.4. The summed E-state index contributed by atoms with van der Waals surface area (Å²) >= 11 is 0. The molecule has 0 bridgehead atoms. The van der Waals surface area contributed by atoms with Gasteiger partial charge >= 0.3 is 5.76 Å². The van der Waals surface area contributed by atoms with E-state index < -0.39 is 5.76 Å². The number of piperidine rings is 1. The Hall–Kier alpha value is -3.78. The molecule has 4 heterocycles. The highest BCUT2D eigenvalue weighted by molar-refractivity contribution is 5.80. The Morgan fingerprint density at radius 2 is 1.88 bits per heavy atom. The first-order valence-corrected chi connectivity index (χ1v) is 10.7. The van der Waals surface area contributed by atoms with Crippen LogP contribution in [-0.4, -0.2) is 34.2 Å². The lowest BCUT2D eigenvalue weighted by atomic mass is 9.99. The second kappa shape index (κ2) is 7.72. The van der Waals surface area contributed by atoms with Crippen LogP contribution in [0.1, 0.15) is 18.4 Å². The van der Waals surface area contributed by atoms with E-state index in [0.29, 0.717) is 11.9 Å². The summed E-state index contributed by atoms with van der Waals surface area (Å²) in [5.41, 5.74) is 4.05. The molecule has 1 saturated heterocycles. The third-order valence-electron chi connectivity index (χ3n) is 6.19. The number of nitrogens with one attached hydrogen (secondary N) is 1. The normalized spacial score (nSPS) is 16.4. The molecule has 2 aliphatic rings. The monoisotopic (exact) mass is 430 g/mol. The minimum atomic E-state index is -0.576. The summed E-state index contributed by atoms with van der Waals surface area (Å²) in [4.78, 5) is 18.8. The van der Waals surface area contributed by atoms with Crippen molar-refractivity contribution in [1.82, 2.24) is 15.0 Å². The molecule has 32 heavy (non-hydrogen) atoms. The smallest absolute Gasteiger partial charge is 0.439 e. The number of aromatic amines is 1. The highest BCUT2D eigenvalue weighted by Gasteiger charge is 2.32. The molecule has 162 valence electrons. The van der Waals surface area contributed by atoms with Gasteiger partial charge in [0, 0.05) is 36.8 Å². The Morgan fingerprint density at radius 1 is 1.03 bits per heavy atom. The number of anilines is 2. The van der Waals surface area contributed by atoms with E-state index in [9.17, 15) is 4.79 Å². The third kappa shape index (κ3) is 3.38. The fraction of sp³-hybridized carbons (Fsp3) is 0.250. The number of fused-ring (bicyclic) bond motifs is 2. The number of benzene rings is 2. The van der Waals surface area contributed by atoms with Crippen molar-refractivity contribution < 1.29 is 13.7 Å². The van der Waals surface area contributed by atoms with Crippen LogP contribution in [0.2, 0.25) is 0 Å². The topological polar surface area (TPSA) is 87.7 Å². The van der Waals surface area contributed by atoms with Crippen LogP contribution in [0.15, 0.2) is 74.8 Å². The van der Waals surface area contributed by atoms with E-state index in [1.807, 2.05) is 48.7 Å². The van der Waals surface area contributed by atoms with Gasteiger partial charge in [-0.05, 0) is 49.2 Å². The van der Waals surface area contributed by atoms with E-state index in [1.165, 1.54) is 5.56 Å². The summed E-state index contributed by atoms with van der Waals surface area (Å²) in [7, 11) is 0. The first-order chi connectivity index (χ1) is 15.7. The maximum absolute atomic E-state index is 11.4. The van der Waals surface area contributed by atoms with Crippen LogP contribution in [-0.2, 0) is 6.54 Å². The summed E-state index contributed by atoms with van der Waals surface area (Å²) < 4.78 is 16.1. The van der Waals surface area contributed by atoms with E-state index >= 15 is 0 Å². The number of H-pyrrole nitrogens is 1. The predicted octanol–water partition coefficient (Wildman–Crippen LogP) is 4.53. The maximum atomic E-state index is 11.4. The minimum Gasteiger partial charge on any atom is -0.472 e. The number of aromatic nitrogens is 2. The first-order valence-electron chi connectivity index (χ1n) is 10.7. The second-order valence-electron chi connectivity index (χ2n) is 8.20. The van der Waals surface area contributed by atoms with Crippen LogP contribution < -0.4 is 15.4 Å². The minimum absolute atomic E-state index is 0.358. The lowest BCUT2D eigenvalue weighted by Gasteiger charge is -2.42. The van der Waals surface area contributed by atoms with E-state index in [-0.39, 0.29) is 0 Å². The van der Waals surface area contributed by atoms with E-state index in [1.54, 1.807) is 6.26 Å². The number of nitrogens with zero attached hydrogens (tertiary/aromatic N) is 3. The van der Waals surface area contributed by atoms with Crippen LogP contribution in [0.25, 0.3) is 11.4 Å². The molecule has 1 N–H and O–H groups in total. The van der Waals surface area contributed by atoms with E-state index in [2.05, 4.69) is 30.5 Å². The summed E-state index contributed by atoms with van der Waals surface area (Å²) in [5.74, 6) is 1.38. The Morgan fingerprint density at radius 3 is 2.66 bits per heavy atom. The van der Waals surface area contributed by atoms with Gasteiger partial charge < -0.3 is 14.1 Å². The number of hydrogen-bond donors (Lipinski definition) is 1. The van der Waals surface area contributed by atoms with Gasteiger partial charge in [0.15, 0.2) is 17.3 Å². The van der Waals surface area contributed by atoms with Gasteiger partial charge in [-0.15, -0.1) is 0 Å². The van der Waals surface area contributed by atoms with Gasteiger partial charge in [0.05, 0.1) is 23.9 Å². The summed E-state index contributed by atoms with van der Waals surface area (Å²) in [5, 5.41) is 3.80. The van der Waals surface area contributed by atoms with Gasteiger partial charge in [0.2, 0.25) is 0 Å². The van der Waals surface area contributed by atoms with Gasteiger partial charge in [-0.25, -0.2) is 4.79 Å². The van der Waals surface area contributed by atoms with Gasteiger partial charge in [0.1, 0.15) is 0 Å². The van der Waals surface area contributed by atoms with Crippen LogP contribution in [0, 0.1) is 0 Å². The molecular formula is C24H22N4O4. The molecule has 0 saturated carbocycles. The molecule has 1 fully saturated rings. The third-order valence-corrected chi connectivity index (χ3v) is 6.19. The van der Waals surface area contributed by atoms with Crippen molar-refractivity contribution in [3.63, 3.8) is 0 Å². The van der Waals surface area contributed by atoms with Gasteiger partial charge in [-0.1, -0.05) is 17.3 Å². The predicted molar refractivity (Wildman–Crippen MR) is 118 cm³/mol. The zero-order chi connectivity index (χ0) is 21.5. The molecule has 2 aromatic carbocycles. The number of rotatable bonds is 4. The number of para-hydroxylation sites is 2. The fourth-order valence-electron chi connectivity index (χ4n) is 4.66. The molecule has 0 spiro atoms. The van der Waals surface area contributed by atoms with Crippen LogP contribution >= 0.6 is 0 Å². The maximum Gasteiger partial charge on any atom is 0.439 e. The van der Waals surface area contributed by atoms with Crippen LogP contribution in [0.5, 0.6) is 11.5 Å². The molecule has 4 aromatic rings. The number of furan rings is 1. The Labute approximate surface area is 184 Å². The quantitative estimate of drug-likeness (QED) is 0.509. The molecule has 2 aliphatic heterocycles. The van der Waals surface area contributed by atoms with Crippen molar-refractivity contribution in [2.75, 3.05) is 18.0 Å². The Balaban J connectivity index is 1.30. The highest BCUT2D eigenvalue weighted by atomic mass is 16.5. The van der Waals surface area contributed by atoms with Gasteiger partial charge in [-0.2, -0.15) is 0 Å². The van der Waals surface area contributed by atoms with Crippen molar-refractivity contribution in [2.45, 2.75) is 25.4 Å². The average Bonchev–Trinajstić information content (AvgIpc) is 3.49. The molecule has 6 rings (SSSR count). The first kappa shape index (κ1) is 18.9. The van der Waals surface area contributed by atoms with E-state index in [4.69, 9.17) is 9.15 Å². The molecule has 0 aliphatic carbocycles. The Bertz CT molecular complexity index is 1290. The lowest BCUT2D eigenvalue weighted by molar-refractivity contribution is 0.204. The summed E-state index contributed by atoms with van der Waals surface area (Å²) in [6, 6.07) is 16.4. The van der Waals surface area contributed by atoms with Crippen molar-refractivity contribution in [3.8, 4) is 22.9 Å². The number of hydrogen-bond acceptors (Lipinski definition) is 7. The van der Waals surface area contributed by atoms with Gasteiger partial charge in [-0.3, -0.25) is 14.4 Å². The Kier molecular flexibility index (Phi) is 4.57. The lowest BCUT2D eigenvalue weighted by Crippen LogP contribution is -2.43. The summed E-state index contributed by atoms with van der Waals surface area (Å²) in [6.07, 6.45) is 5.64. The number of ether oxygens (including phenoxy) is 1. The standard InChI is InChI=1S/C24H22N4O4/c29-24-25-23(26-32-24)17-5-6-20-22(13-17)31-21-4-2-1-3-19(21)28(20)18-7-10-27(11-8-18)14-16-9-12-30-15-16/h1-6,9,12-13,15,18H,7-8,10-11,14H2,(H,25,26,29). The summed E-state index contributed by atoms with van der Waals surface area (Å²) in [6.45, 7) is 2.95. The molecule has 0 unspecified atom stereocenters. The number of likely N-dealkylation sites (tertiary alicyclic amines) is 1. The van der Waals surface area contributed by atoms with Gasteiger partial charge in [0.25, 0.3) is 0 Å². The van der Waals surface area contributed by atoms with E-state index in [0.717, 1.165) is 60.9 Å².